The molecule has 90 valence electrons. The lowest BCUT2D eigenvalue weighted by atomic mass is 10.3. The Morgan fingerprint density at radius 1 is 1.56 bits per heavy atom. The van der Waals surface area contributed by atoms with E-state index in [1.807, 2.05) is 13.8 Å². The van der Waals surface area contributed by atoms with Crippen molar-refractivity contribution in [2.75, 3.05) is 25.5 Å². The van der Waals surface area contributed by atoms with E-state index in [1.54, 1.807) is 11.9 Å². The van der Waals surface area contributed by atoms with Gasteiger partial charge in [0.25, 0.3) is 5.91 Å². The van der Waals surface area contributed by atoms with Crippen LogP contribution in [0.3, 0.4) is 0 Å². The molecule has 1 heterocycles. The minimum absolute atomic E-state index is 0.0292. The minimum Gasteiger partial charge on any atom is -0.395 e. The normalized spacial score (nSPS) is 10.6. The maximum Gasteiger partial charge on any atom is 0.285 e. The fourth-order valence-corrected chi connectivity index (χ4v) is 1.89. The van der Waals surface area contributed by atoms with E-state index >= 15 is 0 Å². The number of amides is 1. The molecule has 0 spiro atoms. The van der Waals surface area contributed by atoms with Crippen molar-refractivity contribution in [3.05, 3.63) is 5.01 Å². The molecule has 0 aromatic carbocycles. The molecule has 0 aliphatic rings. The number of carbonyl (C=O) groups is 1. The van der Waals surface area contributed by atoms with Crippen molar-refractivity contribution in [1.29, 1.82) is 0 Å². The number of aromatic nitrogens is 2. The number of anilines is 1. The second-order valence-electron chi connectivity index (χ2n) is 3.48. The van der Waals surface area contributed by atoms with Crippen LogP contribution in [0.4, 0.5) is 5.13 Å². The third-order valence-electron chi connectivity index (χ3n) is 2.05. The highest BCUT2D eigenvalue weighted by molar-refractivity contribution is 7.17. The standard InChI is InChI=1S/C9H16N4O2S/c1-6(2)13(4-5-14)8(15)7-11-12-9(10-3)16-7/h6,14H,4-5H2,1-3H3,(H,10,12). The molecule has 0 unspecified atom stereocenters. The summed E-state index contributed by atoms with van der Waals surface area (Å²) in [6.07, 6.45) is 0. The Balaban J connectivity index is 2.81. The van der Waals surface area contributed by atoms with Crippen LogP contribution in [0.15, 0.2) is 0 Å². The van der Waals surface area contributed by atoms with Crippen LogP contribution in [0.5, 0.6) is 0 Å². The number of hydrogen-bond donors (Lipinski definition) is 2. The van der Waals surface area contributed by atoms with Crippen molar-refractivity contribution in [2.45, 2.75) is 19.9 Å². The van der Waals surface area contributed by atoms with E-state index in [4.69, 9.17) is 5.11 Å². The van der Waals surface area contributed by atoms with Crippen LogP contribution < -0.4 is 5.32 Å². The summed E-state index contributed by atoms with van der Waals surface area (Å²) in [6, 6.07) is 0.0292. The van der Waals surface area contributed by atoms with Gasteiger partial charge in [0, 0.05) is 19.6 Å². The summed E-state index contributed by atoms with van der Waals surface area (Å²) in [5.41, 5.74) is 0. The van der Waals surface area contributed by atoms with Crippen LogP contribution in [0.2, 0.25) is 0 Å². The summed E-state index contributed by atoms with van der Waals surface area (Å²) < 4.78 is 0. The summed E-state index contributed by atoms with van der Waals surface area (Å²) in [4.78, 5) is 13.6. The number of nitrogens with one attached hydrogen (secondary N) is 1. The van der Waals surface area contributed by atoms with Gasteiger partial charge in [-0.05, 0) is 13.8 Å². The van der Waals surface area contributed by atoms with Gasteiger partial charge in [0.15, 0.2) is 0 Å². The lowest BCUT2D eigenvalue weighted by Gasteiger charge is -2.24. The van der Waals surface area contributed by atoms with Crippen molar-refractivity contribution >= 4 is 22.4 Å². The van der Waals surface area contributed by atoms with E-state index < -0.39 is 0 Å². The largest absolute Gasteiger partial charge is 0.395 e. The zero-order chi connectivity index (χ0) is 12.1. The molecule has 1 rings (SSSR count). The molecule has 0 bridgehead atoms. The zero-order valence-electron chi connectivity index (χ0n) is 9.60. The molecular formula is C9H16N4O2S. The van der Waals surface area contributed by atoms with E-state index in [1.165, 1.54) is 11.3 Å². The quantitative estimate of drug-likeness (QED) is 0.785. The summed E-state index contributed by atoms with van der Waals surface area (Å²) in [5.74, 6) is -0.192. The predicted octanol–water partition coefficient (Wildman–Crippen LogP) is 0.423. The zero-order valence-corrected chi connectivity index (χ0v) is 10.4. The monoisotopic (exact) mass is 244 g/mol. The van der Waals surface area contributed by atoms with Crippen LogP contribution in [-0.2, 0) is 0 Å². The molecule has 0 saturated heterocycles. The third-order valence-corrected chi connectivity index (χ3v) is 2.98. The Morgan fingerprint density at radius 2 is 2.25 bits per heavy atom. The van der Waals surface area contributed by atoms with E-state index in [9.17, 15) is 4.79 Å². The number of aliphatic hydroxyl groups excluding tert-OH is 1. The van der Waals surface area contributed by atoms with Gasteiger partial charge in [-0.1, -0.05) is 11.3 Å². The first kappa shape index (κ1) is 12.9. The molecular weight excluding hydrogens is 228 g/mol. The first-order valence-corrected chi connectivity index (χ1v) is 5.85. The molecule has 1 aromatic heterocycles. The van der Waals surface area contributed by atoms with Crippen molar-refractivity contribution in [2.24, 2.45) is 0 Å². The van der Waals surface area contributed by atoms with Crippen LogP contribution >= 0.6 is 11.3 Å². The Labute approximate surface area is 98.3 Å². The van der Waals surface area contributed by atoms with Gasteiger partial charge in [0.1, 0.15) is 0 Å². The highest BCUT2D eigenvalue weighted by atomic mass is 32.1. The molecule has 1 amide bonds. The van der Waals surface area contributed by atoms with Gasteiger partial charge in [0.05, 0.1) is 6.61 Å². The Hall–Kier alpha value is -1.21. The summed E-state index contributed by atoms with van der Waals surface area (Å²) in [6.45, 7) is 4.05. The molecule has 0 aliphatic carbocycles. The second-order valence-corrected chi connectivity index (χ2v) is 4.46. The van der Waals surface area contributed by atoms with Gasteiger partial charge in [-0.3, -0.25) is 4.79 Å². The fourth-order valence-electron chi connectivity index (χ4n) is 1.24. The summed E-state index contributed by atoms with van der Waals surface area (Å²) in [7, 11) is 1.72. The summed E-state index contributed by atoms with van der Waals surface area (Å²) >= 11 is 1.21. The van der Waals surface area contributed by atoms with Gasteiger partial charge in [-0.2, -0.15) is 0 Å². The van der Waals surface area contributed by atoms with Crippen molar-refractivity contribution < 1.29 is 9.90 Å². The van der Waals surface area contributed by atoms with Crippen molar-refractivity contribution in [3.63, 3.8) is 0 Å². The maximum absolute atomic E-state index is 12.0. The number of carbonyl (C=O) groups excluding carboxylic acids is 1. The van der Waals surface area contributed by atoms with Gasteiger partial charge in [0.2, 0.25) is 10.1 Å². The number of rotatable bonds is 5. The van der Waals surface area contributed by atoms with Crippen LogP contribution in [-0.4, -0.2) is 52.4 Å². The van der Waals surface area contributed by atoms with Gasteiger partial charge < -0.3 is 15.3 Å². The van der Waals surface area contributed by atoms with Crippen LogP contribution in [0.1, 0.15) is 23.6 Å². The van der Waals surface area contributed by atoms with Gasteiger partial charge in [-0.15, -0.1) is 10.2 Å². The maximum atomic E-state index is 12.0. The number of hydrogen-bond acceptors (Lipinski definition) is 6. The van der Waals surface area contributed by atoms with E-state index in [2.05, 4.69) is 15.5 Å². The van der Waals surface area contributed by atoms with E-state index in [0.717, 1.165) is 0 Å². The van der Waals surface area contributed by atoms with Gasteiger partial charge >= 0.3 is 0 Å². The van der Waals surface area contributed by atoms with Crippen molar-refractivity contribution in [3.8, 4) is 0 Å². The molecule has 6 nitrogen and oxygen atoms in total. The Bertz CT molecular complexity index is 353. The smallest absolute Gasteiger partial charge is 0.285 e. The SMILES string of the molecule is CNc1nnc(C(=O)N(CCO)C(C)C)s1. The van der Waals surface area contributed by atoms with Crippen molar-refractivity contribution in [1.82, 2.24) is 15.1 Å². The predicted molar refractivity (Wildman–Crippen MR) is 62.7 cm³/mol. The van der Waals surface area contributed by atoms with Crippen LogP contribution in [0, 0.1) is 0 Å². The Morgan fingerprint density at radius 3 is 2.69 bits per heavy atom. The number of aliphatic hydroxyl groups is 1. The molecule has 1 aromatic rings. The number of nitrogens with zero attached hydrogens (tertiary/aromatic N) is 3. The van der Waals surface area contributed by atoms with E-state index in [-0.39, 0.29) is 18.6 Å². The first-order chi connectivity index (χ1) is 7.60. The lowest BCUT2D eigenvalue weighted by Crippen LogP contribution is -2.38. The molecule has 7 heteroatoms. The fraction of sp³-hybridized carbons (Fsp3) is 0.667. The first-order valence-electron chi connectivity index (χ1n) is 5.03. The lowest BCUT2D eigenvalue weighted by molar-refractivity contribution is 0.0664. The molecule has 0 atom stereocenters. The molecule has 2 N–H and O–H groups in total. The molecule has 0 saturated carbocycles. The van der Waals surface area contributed by atoms with Crippen LogP contribution in [0.25, 0.3) is 0 Å². The topological polar surface area (TPSA) is 78.4 Å². The summed E-state index contributed by atoms with van der Waals surface area (Å²) in [5, 5.41) is 20.3. The highest BCUT2D eigenvalue weighted by Crippen LogP contribution is 2.17. The average Bonchev–Trinajstić information content (AvgIpc) is 2.73. The Kier molecular flexibility index (Phi) is 4.63. The third kappa shape index (κ3) is 2.89. The molecule has 0 aliphatic heterocycles. The average molecular weight is 244 g/mol. The molecule has 0 fully saturated rings. The molecule has 16 heavy (non-hydrogen) atoms. The van der Waals surface area contributed by atoms with Gasteiger partial charge in [-0.25, -0.2) is 0 Å². The molecule has 0 radical (unpaired) electrons. The van der Waals surface area contributed by atoms with E-state index in [0.29, 0.717) is 16.7 Å². The minimum atomic E-state index is -0.192. The highest BCUT2D eigenvalue weighted by Gasteiger charge is 2.21. The second kappa shape index (κ2) is 5.76.